The Kier molecular flexibility index (Phi) is 2.60. The van der Waals surface area contributed by atoms with E-state index in [4.69, 9.17) is 4.74 Å². The second-order valence-corrected chi connectivity index (χ2v) is 3.83. The van der Waals surface area contributed by atoms with Crippen LogP contribution in [0.15, 0.2) is 24.4 Å². The third-order valence-corrected chi connectivity index (χ3v) is 2.59. The van der Waals surface area contributed by atoms with Crippen LogP contribution in [-0.4, -0.2) is 18.1 Å². The number of benzene rings is 1. The minimum Gasteiger partial charge on any atom is -0.465 e. The Hall–Kier alpha value is -1.90. The summed E-state index contributed by atoms with van der Waals surface area (Å²) in [4.78, 5) is 15.9. The van der Waals surface area contributed by atoms with E-state index in [1.165, 1.54) is 7.11 Å². The molecule has 0 bridgehead atoms. The van der Waals surface area contributed by atoms with Crippen LogP contribution < -0.4 is 0 Å². The molecule has 0 atom stereocenters. The Morgan fingerprint density at radius 3 is 2.75 bits per heavy atom. The highest BCUT2D eigenvalue weighted by Crippen LogP contribution is 2.22. The molecule has 0 aliphatic rings. The van der Waals surface area contributed by atoms with Crippen LogP contribution >= 0.6 is 0 Å². The smallest absolute Gasteiger partial charge is 0.338 e. The van der Waals surface area contributed by atoms with Crippen molar-refractivity contribution in [1.82, 2.24) is 4.98 Å². The van der Waals surface area contributed by atoms with Crippen LogP contribution in [0.5, 0.6) is 0 Å². The molecule has 0 aliphatic heterocycles. The number of pyridine rings is 1. The third-order valence-electron chi connectivity index (χ3n) is 2.59. The molecule has 0 unspecified atom stereocenters. The molecule has 3 heteroatoms. The first-order chi connectivity index (χ1) is 7.63. The summed E-state index contributed by atoms with van der Waals surface area (Å²) in [5.74, 6) is -0.322. The van der Waals surface area contributed by atoms with Gasteiger partial charge in [0.2, 0.25) is 0 Å². The number of ether oxygens (including phenoxy) is 1. The number of aromatic nitrogens is 1. The van der Waals surface area contributed by atoms with Crippen molar-refractivity contribution in [2.24, 2.45) is 0 Å². The molecule has 0 amide bonds. The van der Waals surface area contributed by atoms with Crippen LogP contribution in [-0.2, 0) is 4.74 Å². The third kappa shape index (κ3) is 1.65. The minimum atomic E-state index is -0.322. The quantitative estimate of drug-likeness (QED) is 0.686. The number of carbonyl (C=O) groups excluding carboxylic acids is 1. The van der Waals surface area contributed by atoms with Gasteiger partial charge >= 0.3 is 5.97 Å². The zero-order valence-electron chi connectivity index (χ0n) is 9.57. The first kappa shape index (κ1) is 10.6. The minimum absolute atomic E-state index is 0.322. The van der Waals surface area contributed by atoms with Gasteiger partial charge in [-0.15, -0.1) is 0 Å². The van der Waals surface area contributed by atoms with Crippen molar-refractivity contribution in [3.8, 4) is 0 Å². The highest BCUT2D eigenvalue weighted by atomic mass is 16.5. The first-order valence-electron chi connectivity index (χ1n) is 5.08. The van der Waals surface area contributed by atoms with E-state index >= 15 is 0 Å². The van der Waals surface area contributed by atoms with Gasteiger partial charge in [-0.05, 0) is 31.5 Å². The Balaban J connectivity index is 2.81. The Labute approximate surface area is 94.1 Å². The van der Waals surface area contributed by atoms with Crippen LogP contribution in [0.3, 0.4) is 0 Å². The number of fused-ring (bicyclic) bond motifs is 1. The predicted molar refractivity (Wildman–Crippen MR) is 62.6 cm³/mol. The summed E-state index contributed by atoms with van der Waals surface area (Å²) < 4.78 is 4.76. The Bertz CT molecular complexity index is 561. The van der Waals surface area contributed by atoms with E-state index in [0.29, 0.717) is 5.56 Å². The number of hydrogen-bond acceptors (Lipinski definition) is 3. The van der Waals surface area contributed by atoms with Gasteiger partial charge in [0.15, 0.2) is 0 Å². The van der Waals surface area contributed by atoms with Crippen LogP contribution in [0.25, 0.3) is 10.9 Å². The molecule has 0 aliphatic carbocycles. The summed E-state index contributed by atoms with van der Waals surface area (Å²) in [6, 6.07) is 5.70. The average molecular weight is 215 g/mol. The summed E-state index contributed by atoms with van der Waals surface area (Å²) in [6.45, 7) is 3.99. The van der Waals surface area contributed by atoms with Crippen molar-refractivity contribution in [3.05, 3.63) is 41.1 Å². The van der Waals surface area contributed by atoms with Crippen molar-refractivity contribution < 1.29 is 9.53 Å². The molecule has 2 aromatic rings. The van der Waals surface area contributed by atoms with E-state index < -0.39 is 0 Å². The van der Waals surface area contributed by atoms with E-state index in [9.17, 15) is 4.79 Å². The molecule has 0 radical (unpaired) electrons. The molecule has 2 rings (SSSR count). The van der Waals surface area contributed by atoms with Gasteiger partial charge < -0.3 is 4.74 Å². The lowest BCUT2D eigenvalue weighted by atomic mass is 10.0. The fraction of sp³-hybridized carbons (Fsp3) is 0.231. The van der Waals surface area contributed by atoms with E-state index in [0.717, 1.165) is 22.0 Å². The second-order valence-electron chi connectivity index (χ2n) is 3.83. The SMILES string of the molecule is COC(=O)c1ccnc2c(C)cc(C)cc12. The Morgan fingerprint density at radius 1 is 1.31 bits per heavy atom. The monoisotopic (exact) mass is 215 g/mol. The van der Waals surface area contributed by atoms with Gasteiger partial charge in [0.1, 0.15) is 0 Å². The number of rotatable bonds is 1. The van der Waals surface area contributed by atoms with E-state index in [1.54, 1.807) is 12.3 Å². The summed E-state index contributed by atoms with van der Waals surface area (Å²) in [7, 11) is 1.39. The average Bonchev–Trinajstić information content (AvgIpc) is 2.27. The number of aryl methyl sites for hydroxylation is 2. The zero-order chi connectivity index (χ0) is 11.7. The van der Waals surface area contributed by atoms with Gasteiger partial charge in [0.05, 0.1) is 18.2 Å². The van der Waals surface area contributed by atoms with Crippen molar-refractivity contribution in [2.75, 3.05) is 7.11 Å². The first-order valence-corrected chi connectivity index (χ1v) is 5.08. The van der Waals surface area contributed by atoms with Crippen molar-refractivity contribution in [1.29, 1.82) is 0 Å². The van der Waals surface area contributed by atoms with Gasteiger partial charge in [0, 0.05) is 11.6 Å². The fourth-order valence-corrected chi connectivity index (χ4v) is 1.90. The number of hydrogen-bond donors (Lipinski definition) is 0. The van der Waals surface area contributed by atoms with Crippen molar-refractivity contribution in [2.45, 2.75) is 13.8 Å². The molecule has 0 spiro atoms. The van der Waals surface area contributed by atoms with Crippen LogP contribution in [0.2, 0.25) is 0 Å². The molecule has 1 aromatic carbocycles. The summed E-state index contributed by atoms with van der Waals surface area (Å²) in [6.07, 6.45) is 1.64. The molecule has 0 saturated carbocycles. The molecule has 0 fully saturated rings. The van der Waals surface area contributed by atoms with Gasteiger partial charge in [-0.1, -0.05) is 11.6 Å². The molecule has 3 nitrogen and oxygen atoms in total. The number of nitrogens with zero attached hydrogens (tertiary/aromatic N) is 1. The highest BCUT2D eigenvalue weighted by Gasteiger charge is 2.11. The van der Waals surface area contributed by atoms with Gasteiger partial charge in [-0.25, -0.2) is 4.79 Å². The highest BCUT2D eigenvalue weighted by molar-refractivity contribution is 6.04. The predicted octanol–water partition coefficient (Wildman–Crippen LogP) is 2.64. The van der Waals surface area contributed by atoms with Gasteiger partial charge in [-0.3, -0.25) is 4.98 Å². The summed E-state index contributed by atoms with van der Waals surface area (Å²) in [5, 5.41) is 0.854. The zero-order valence-corrected chi connectivity index (χ0v) is 9.57. The molecular formula is C13H13NO2. The molecule has 82 valence electrons. The lowest BCUT2D eigenvalue weighted by molar-refractivity contribution is 0.0603. The number of carbonyl (C=O) groups is 1. The Morgan fingerprint density at radius 2 is 2.06 bits per heavy atom. The maximum atomic E-state index is 11.6. The maximum absolute atomic E-state index is 11.6. The van der Waals surface area contributed by atoms with Gasteiger partial charge in [-0.2, -0.15) is 0 Å². The largest absolute Gasteiger partial charge is 0.465 e. The van der Waals surface area contributed by atoms with Crippen LogP contribution in [0.1, 0.15) is 21.5 Å². The van der Waals surface area contributed by atoms with E-state index in [1.807, 2.05) is 19.9 Å². The lowest BCUT2D eigenvalue weighted by Crippen LogP contribution is -2.03. The van der Waals surface area contributed by atoms with E-state index in [2.05, 4.69) is 11.1 Å². The maximum Gasteiger partial charge on any atom is 0.338 e. The van der Waals surface area contributed by atoms with Crippen molar-refractivity contribution in [3.63, 3.8) is 0 Å². The van der Waals surface area contributed by atoms with Gasteiger partial charge in [0.25, 0.3) is 0 Å². The van der Waals surface area contributed by atoms with Crippen LogP contribution in [0.4, 0.5) is 0 Å². The normalized spacial score (nSPS) is 10.4. The molecular weight excluding hydrogens is 202 g/mol. The molecule has 1 aromatic heterocycles. The molecule has 0 saturated heterocycles. The number of esters is 1. The number of methoxy groups -OCH3 is 1. The summed E-state index contributed by atoms with van der Waals surface area (Å²) >= 11 is 0. The van der Waals surface area contributed by atoms with Crippen LogP contribution in [0, 0.1) is 13.8 Å². The fourth-order valence-electron chi connectivity index (χ4n) is 1.90. The standard InChI is InChI=1S/C13H13NO2/c1-8-6-9(2)12-11(7-8)10(4-5-14-12)13(15)16-3/h4-7H,1-3H3. The molecule has 1 heterocycles. The molecule has 16 heavy (non-hydrogen) atoms. The topological polar surface area (TPSA) is 39.2 Å². The summed E-state index contributed by atoms with van der Waals surface area (Å²) in [5.41, 5.74) is 3.61. The molecule has 0 N–H and O–H groups in total. The van der Waals surface area contributed by atoms with Crippen molar-refractivity contribution >= 4 is 16.9 Å². The lowest BCUT2D eigenvalue weighted by Gasteiger charge is -2.07. The van der Waals surface area contributed by atoms with E-state index in [-0.39, 0.29) is 5.97 Å². The second kappa shape index (κ2) is 3.93.